The molecule has 3 rings (SSSR count). The summed E-state index contributed by atoms with van der Waals surface area (Å²) in [4.78, 5) is 43.1. The van der Waals surface area contributed by atoms with Crippen LogP contribution in [0.5, 0.6) is 5.75 Å². The summed E-state index contributed by atoms with van der Waals surface area (Å²) in [5.74, 6) is -6.66. The van der Waals surface area contributed by atoms with Crippen LogP contribution in [0.4, 0.5) is 14.6 Å². The fraction of sp³-hybridized carbons (Fsp3) is 0.227. The number of fused-ring (bicyclic) bond motifs is 1. The second kappa shape index (κ2) is 10.5. The average molecular weight is 474 g/mol. The first-order chi connectivity index (χ1) is 16.2. The number of carbonyl (C=O) groups is 3. The van der Waals surface area contributed by atoms with Crippen molar-refractivity contribution in [2.45, 2.75) is 25.4 Å². The Morgan fingerprint density at radius 1 is 1.15 bits per heavy atom. The number of nitrogens with one attached hydrogen (secondary N) is 2. The molecule has 178 valence electrons. The molecule has 1 amide bonds. The van der Waals surface area contributed by atoms with Crippen LogP contribution in [0.3, 0.4) is 0 Å². The Morgan fingerprint density at radius 2 is 1.85 bits per heavy atom. The molecule has 1 aromatic heterocycles. The molecule has 0 aliphatic heterocycles. The molecule has 0 radical (unpaired) electrons. The molecule has 10 nitrogen and oxygen atoms in total. The van der Waals surface area contributed by atoms with Gasteiger partial charge in [-0.2, -0.15) is 0 Å². The number of rotatable bonds is 10. The highest BCUT2D eigenvalue weighted by Crippen LogP contribution is 2.29. The third kappa shape index (κ3) is 5.52. The first-order valence-corrected chi connectivity index (χ1v) is 9.97. The van der Waals surface area contributed by atoms with Gasteiger partial charge in [-0.15, -0.1) is 0 Å². The lowest BCUT2D eigenvalue weighted by Gasteiger charge is -2.17. The number of anilines is 1. The number of carboxylic acid groups (broad SMARTS) is 2. The van der Waals surface area contributed by atoms with Crippen LogP contribution in [0.15, 0.2) is 36.5 Å². The van der Waals surface area contributed by atoms with Gasteiger partial charge in [0.15, 0.2) is 11.6 Å². The van der Waals surface area contributed by atoms with Crippen molar-refractivity contribution in [1.29, 1.82) is 0 Å². The summed E-state index contributed by atoms with van der Waals surface area (Å²) in [7, 11) is 1.03. The topological polar surface area (TPSA) is 151 Å². The number of carbonyl (C=O) groups excluding carboxylic acids is 1. The van der Waals surface area contributed by atoms with Gasteiger partial charge in [0.2, 0.25) is 0 Å². The van der Waals surface area contributed by atoms with Gasteiger partial charge in [0.05, 0.1) is 24.3 Å². The van der Waals surface area contributed by atoms with Gasteiger partial charge in [-0.05, 0) is 24.6 Å². The lowest BCUT2D eigenvalue weighted by atomic mass is 10.1. The van der Waals surface area contributed by atoms with Gasteiger partial charge in [-0.3, -0.25) is 14.6 Å². The number of methoxy groups -OCH3 is 1. The van der Waals surface area contributed by atoms with E-state index in [2.05, 4.69) is 15.3 Å². The summed E-state index contributed by atoms with van der Waals surface area (Å²) in [5, 5.41) is 22.7. The van der Waals surface area contributed by atoms with Crippen molar-refractivity contribution < 1.29 is 38.1 Å². The van der Waals surface area contributed by atoms with Crippen LogP contribution in [-0.4, -0.2) is 51.2 Å². The van der Waals surface area contributed by atoms with Gasteiger partial charge in [-0.25, -0.2) is 18.6 Å². The molecule has 0 aliphatic rings. The van der Waals surface area contributed by atoms with Crippen molar-refractivity contribution >= 4 is 34.7 Å². The zero-order valence-electron chi connectivity index (χ0n) is 17.8. The number of halogens is 2. The Hall–Kier alpha value is -4.35. The third-order valence-electron chi connectivity index (χ3n) is 4.84. The summed E-state index contributed by atoms with van der Waals surface area (Å²) in [6.45, 7) is -0.218. The number of aliphatic carboxylic acids is 2. The molecule has 34 heavy (non-hydrogen) atoms. The van der Waals surface area contributed by atoms with E-state index in [1.165, 1.54) is 6.20 Å². The van der Waals surface area contributed by atoms with E-state index in [-0.39, 0.29) is 12.1 Å². The van der Waals surface area contributed by atoms with Crippen molar-refractivity contribution in [3.63, 3.8) is 0 Å². The number of hydrogen-bond acceptors (Lipinski definition) is 7. The summed E-state index contributed by atoms with van der Waals surface area (Å²) < 4.78 is 34.8. The second-order valence-corrected chi connectivity index (χ2v) is 7.13. The SMILES string of the molecule is COc1c(F)c(CNc2cnc3ccccc3n2)cc(F)c1C(=O)NC(CCC(=O)O)C(=O)O. The normalized spacial score (nSPS) is 11.6. The van der Waals surface area contributed by atoms with Crippen LogP contribution in [0.25, 0.3) is 11.0 Å². The van der Waals surface area contributed by atoms with E-state index in [1.807, 2.05) is 5.32 Å². The van der Waals surface area contributed by atoms with Crippen LogP contribution >= 0.6 is 0 Å². The smallest absolute Gasteiger partial charge is 0.326 e. The molecule has 0 spiro atoms. The van der Waals surface area contributed by atoms with Crippen molar-refractivity contribution in [3.05, 3.63) is 59.3 Å². The van der Waals surface area contributed by atoms with Crippen LogP contribution in [0.1, 0.15) is 28.8 Å². The zero-order chi connectivity index (χ0) is 24.8. The monoisotopic (exact) mass is 474 g/mol. The maximum Gasteiger partial charge on any atom is 0.326 e. The fourth-order valence-corrected chi connectivity index (χ4v) is 3.17. The summed E-state index contributed by atoms with van der Waals surface area (Å²) in [6, 6.07) is 6.25. The molecule has 1 atom stereocenters. The van der Waals surface area contributed by atoms with E-state index in [1.54, 1.807) is 24.3 Å². The van der Waals surface area contributed by atoms with Gasteiger partial charge < -0.3 is 25.6 Å². The molecule has 0 bridgehead atoms. The number of amides is 1. The van der Waals surface area contributed by atoms with Crippen molar-refractivity contribution in [1.82, 2.24) is 15.3 Å². The highest BCUT2D eigenvalue weighted by Gasteiger charge is 2.28. The predicted octanol–water partition coefficient (Wildman–Crippen LogP) is 2.58. The standard InChI is InChI=1S/C22H20F2N4O6/c1-34-20-18(21(31)28-15(22(32)33)6-7-17(29)30)12(23)8-11(19(20)24)9-26-16-10-25-13-4-2-3-5-14(13)27-16/h2-5,8,10,15H,6-7,9H2,1H3,(H,26,27)(H,28,31)(H,29,30)(H,32,33). The van der Waals surface area contributed by atoms with E-state index in [9.17, 15) is 23.9 Å². The van der Waals surface area contributed by atoms with Crippen molar-refractivity contribution in [2.75, 3.05) is 12.4 Å². The van der Waals surface area contributed by atoms with Gasteiger partial charge in [-0.1, -0.05) is 12.1 Å². The number of para-hydroxylation sites is 2. The largest absolute Gasteiger partial charge is 0.493 e. The minimum atomic E-state index is -1.62. The van der Waals surface area contributed by atoms with Crippen LogP contribution in [0, 0.1) is 11.6 Å². The molecule has 1 heterocycles. The van der Waals surface area contributed by atoms with Gasteiger partial charge in [0.25, 0.3) is 5.91 Å². The molecule has 12 heteroatoms. The van der Waals surface area contributed by atoms with Crippen LogP contribution < -0.4 is 15.4 Å². The summed E-state index contributed by atoms with van der Waals surface area (Å²) >= 11 is 0. The number of ether oxygens (including phenoxy) is 1. The molecular formula is C22H20F2N4O6. The first kappa shape index (κ1) is 24.3. The quantitative estimate of drug-likeness (QED) is 0.348. The van der Waals surface area contributed by atoms with Gasteiger partial charge in [0.1, 0.15) is 23.2 Å². The molecule has 3 aromatic rings. The molecule has 0 saturated heterocycles. The van der Waals surface area contributed by atoms with Crippen LogP contribution in [-0.2, 0) is 16.1 Å². The molecule has 1 unspecified atom stereocenters. The molecule has 2 aromatic carbocycles. The second-order valence-electron chi connectivity index (χ2n) is 7.13. The minimum Gasteiger partial charge on any atom is -0.493 e. The van der Waals surface area contributed by atoms with Crippen molar-refractivity contribution in [3.8, 4) is 5.75 Å². The van der Waals surface area contributed by atoms with E-state index in [4.69, 9.17) is 9.84 Å². The Kier molecular flexibility index (Phi) is 7.51. The summed E-state index contributed by atoms with van der Waals surface area (Å²) in [5.41, 5.74) is 0.238. The predicted molar refractivity (Wildman–Crippen MR) is 116 cm³/mol. The van der Waals surface area contributed by atoms with Gasteiger partial charge in [0, 0.05) is 18.5 Å². The maximum atomic E-state index is 15.0. The Bertz CT molecular complexity index is 1250. The molecule has 0 saturated carbocycles. The number of carboxylic acids is 2. The average Bonchev–Trinajstić information content (AvgIpc) is 2.81. The van der Waals surface area contributed by atoms with E-state index in [0.717, 1.165) is 13.2 Å². The van der Waals surface area contributed by atoms with E-state index >= 15 is 4.39 Å². The molecular weight excluding hydrogens is 454 g/mol. The fourth-order valence-electron chi connectivity index (χ4n) is 3.17. The van der Waals surface area contributed by atoms with Crippen molar-refractivity contribution in [2.24, 2.45) is 0 Å². The first-order valence-electron chi connectivity index (χ1n) is 9.97. The Labute approximate surface area is 191 Å². The van der Waals surface area contributed by atoms with Gasteiger partial charge >= 0.3 is 11.9 Å². The third-order valence-corrected chi connectivity index (χ3v) is 4.84. The zero-order valence-corrected chi connectivity index (χ0v) is 17.8. The molecule has 0 aliphatic carbocycles. The molecule has 4 N–H and O–H groups in total. The highest BCUT2D eigenvalue weighted by molar-refractivity contribution is 5.99. The lowest BCUT2D eigenvalue weighted by Crippen LogP contribution is -2.41. The molecule has 0 fully saturated rings. The minimum absolute atomic E-state index is 0.179. The van der Waals surface area contributed by atoms with Crippen LogP contribution in [0.2, 0.25) is 0 Å². The van der Waals surface area contributed by atoms with E-state index in [0.29, 0.717) is 16.9 Å². The Morgan fingerprint density at radius 3 is 2.50 bits per heavy atom. The summed E-state index contributed by atoms with van der Waals surface area (Å²) in [6.07, 6.45) is 0.434. The number of nitrogens with zero attached hydrogens (tertiary/aromatic N) is 2. The highest BCUT2D eigenvalue weighted by atomic mass is 19.1. The number of benzene rings is 2. The number of hydrogen-bond donors (Lipinski definition) is 4. The lowest BCUT2D eigenvalue weighted by molar-refractivity contribution is -0.140. The number of aromatic nitrogens is 2. The Balaban J connectivity index is 1.82. The maximum absolute atomic E-state index is 15.0. The van der Waals surface area contributed by atoms with E-state index < -0.39 is 59.7 Å².